The van der Waals surface area contributed by atoms with Gasteiger partial charge in [-0.15, -0.1) is 0 Å². The van der Waals surface area contributed by atoms with Crippen LogP contribution in [0.3, 0.4) is 0 Å². The number of aryl methyl sites for hydroxylation is 1. The number of thioether (sulfide) groups is 1. The smallest absolute Gasteiger partial charge is 0.288 e. The molecule has 0 bridgehead atoms. The highest BCUT2D eigenvalue weighted by atomic mass is 32.2. The van der Waals surface area contributed by atoms with Gasteiger partial charge in [0, 0.05) is 18.7 Å². The number of thiocarbonyl (C=S) groups is 1. The molecule has 0 saturated carbocycles. The fourth-order valence-corrected chi connectivity index (χ4v) is 2.87. The molecule has 1 aromatic rings. The van der Waals surface area contributed by atoms with Crippen molar-refractivity contribution in [3.63, 3.8) is 0 Å². The number of nitrogens with one attached hydrogen (secondary N) is 2. The first-order chi connectivity index (χ1) is 10.5. The second kappa shape index (κ2) is 7.37. The van der Waals surface area contributed by atoms with Gasteiger partial charge in [-0.05, 0) is 36.8 Å². The molecule has 0 radical (unpaired) electrons. The number of nitrogens with zero attached hydrogens (tertiary/aromatic N) is 1. The van der Waals surface area contributed by atoms with Crippen LogP contribution in [0.15, 0.2) is 24.3 Å². The van der Waals surface area contributed by atoms with Crippen LogP contribution < -0.4 is 10.6 Å². The van der Waals surface area contributed by atoms with Gasteiger partial charge in [0.2, 0.25) is 11.8 Å². The normalized spacial score (nSPS) is 14.1. The molecule has 1 fully saturated rings. The van der Waals surface area contributed by atoms with Gasteiger partial charge in [-0.1, -0.05) is 23.9 Å². The molecule has 22 heavy (non-hydrogen) atoms. The minimum Gasteiger partial charge on any atom is -0.332 e. The molecule has 0 aromatic heterocycles. The molecular weight excluding hydrogens is 322 g/mol. The van der Waals surface area contributed by atoms with Crippen molar-refractivity contribution in [2.45, 2.75) is 13.3 Å². The first-order valence-electron chi connectivity index (χ1n) is 6.60. The lowest BCUT2D eigenvalue weighted by Gasteiger charge is -2.13. The Bertz CT molecular complexity index is 618. The molecule has 1 saturated heterocycles. The molecule has 1 aliphatic rings. The Morgan fingerprint density at radius 1 is 1.41 bits per heavy atom. The van der Waals surface area contributed by atoms with Gasteiger partial charge in [-0.3, -0.25) is 19.3 Å². The Morgan fingerprint density at radius 2 is 2.18 bits per heavy atom. The van der Waals surface area contributed by atoms with Crippen molar-refractivity contribution in [2.75, 3.05) is 17.6 Å². The van der Waals surface area contributed by atoms with Gasteiger partial charge in [-0.25, -0.2) is 0 Å². The van der Waals surface area contributed by atoms with Crippen LogP contribution >= 0.6 is 24.0 Å². The number of benzene rings is 1. The summed E-state index contributed by atoms with van der Waals surface area (Å²) in [4.78, 5) is 35.7. The van der Waals surface area contributed by atoms with Crippen LogP contribution in [0.2, 0.25) is 0 Å². The van der Waals surface area contributed by atoms with Gasteiger partial charge in [0.1, 0.15) is 0 Å². The van der Waals surface area contributed by atoms with E-state index < -0.39 is 0 Å². The number of rotatable bonds is 4. The van der Waals surface area contributed by atoms with Crippen LogP contribution in [0.25, 0.3) is 0 Å². The number of hydrogen-bond donors (Lipinski definition) is 2. The second-order valence-corrected chi connectivity index (χ2v) is 6.06. The van der Waals surface area contributed by atoms with E-state index in [1.54, 1.807) is 0 Å². The number of amides is 3. The maximum atomic E-state index is 11.8. The summed E-state index contributed by atoms with van der Waals surface area (Å²) in [5, 5.41) is 5.31. The van der Waals surface area contributed by atoms with Crippen LogP contribution in [0, 0.1) is 6.92 Å². The minimum atomic E-state index is -0.345. The van der Waals surface area contributed by atoms with E-state index in [0.717, 1.165) is 27.9 Å². The molecule has 3 amide bonds. The van der Waals surface area contributed by atoms with Gasteiger partial charge in [-0.2, -0.15) is 0 Å². The van der Waals surface area contributed by atoms with E-state index in [9.17, 15) is 14.4 Å². The largest absolute Gasteiger partial charge is 0.332 e. The van der Waals surface area contributed by atoms with Crippen LogP contribution in [-0.4, -0.2) is 39.4 Å². The summed E-state index contributed by atoms with van der Waals surface area (Å²) in [6.07, 6.45) is 0.0215. The van der Waals surface area contributed by atoms with Crippen LogP contribution in [0.5, 0.6) is 0 Å². The first kappa shape index (κ1) is 16.4. The van der Waals surface area contributed by atoms with Gasteiger partial charge < -0.3 is 10.6 Å². The fraction of sp³-hybridized carbons (Fsp3) is 0.286. The zero-order chi connectivity index (χ0) is 16.1. The molecule has 1 aromatic carbocycles. The molecule has 6 nitrogen and oxygen atoms in total. The number of imide groups is 1. The highest BCUT2D eigenvalue weighted by Crippen LogP contribution is 2.18. The Labute approximate surface area is 137 Å². The maximum absolute atomic E-state index is 11.8. The summed E-state index contributed by atoms with van der Waals surface area (Å²) in [6.45, 7) is 2.03. The maximum Gasteiger partial charge on any atom is 0.288 e. The number of hydrogen-bond acceptors (Lipinski definition) is 5. The van der Waals surface area contributed by atoms with Crippen LogP contribution in [0.4, 0.5) is 10.5 Å². The number of carbonyl (C=O) groups excluding carboxylic acids is 3. The van der Waals surface area contributed by atoms with Gasteiger partial charge in [0.15, 0.2) is 5.11 Å². The average molecular weight is 337 g/mol. The van der Waals surface area contributed by atoms with Crippen molar-refractivity contribution in [3.8, 4) is 0 Å². The Morgan fingerprint density at radius 3 is 2.82 bits per heavy atom. The molecule has 0 atom stereocenters. The summed E-state index contributed by atoms with van der Waals surface area (Å²) in [5.41, 5.74) is 1.86. The SMILES string of the molecule is Cc1cccc(NC(=S)NC(=O)CCN2C(=O)CSC2=O)c1. The molecular formula is C14H15N3O3S2. The Hall–Kier alpha value is -1.93. The standard InChI is InChI=1S/C14H15N3O3S2/c1-9-3-2-4-10(7-9)15-13(21)16-11(18)5-6-17-12(19)8-22-14(17)20/h2-4,7H,5-6,8H2,1H3,(H2,15,16,18,21). The second-order valence-electron chi connectivity index (χ2n) is 4.72. The number of carbonyl (C=O) groups is 3. The lowest BCUT2D eigenvalue weighted by molar-refractivity contribution is -0.125. The lowest BCUT2D eigenvalue weighted by atomic mass is 10.2. The molecule has 0 spiro atoms. The summed E-state index contributed by atoms with van der Waals surface area (Å²) < 4.78 is 0. The molecule has 1 heterocycles. The first-order valence-corrected chi connectivity index (χ1v) is 8.00. The molecule has 116 valence electrons. The molecule has 2 N–H and O–H groups in total. The predicted octanol–water partition coefficient (Wildman–Crippen LogP) is 1.89. The van der Waals surface area contributed by atoms with Crippen molar-refractivity contribution < 1.29 is 14.4 Å². The zero-order valence-corrected chi connectivity index (χ0v) is 13.6. The molecule has 0 aliphatic carbocycles. The average Bonchev–Trinajstić information content (AvgIpc) is 2.75. The van der Waals surface area contributed by atoms with Crippen LogP contribution in [-0.2, 0) is 9.59 Å². The van der Waals surface area contributed by atoms with E-state index in [2.05, 4.69) is 10.6 Å². The monoisotopic (exact) mass is 337 g/mol. The topological polar surface area (TPSA) is 78.5 Å². The summed E-state index contributed by atoms with van der Waals surface area (Å²) in [5.74, 6) is -0.459. The van der Waals surface area contributed by atoms with Crippen molar-refractivity contribution in [1.82, 2.24) is 10.2 Å². The van der Waals surface area contributed by atoms with Crippen molar-refractivity contribution >= 4 is 51.8 Å². The van der Waals surface area contributed by atoms with E-state index in [4.69, 9.17) is 12.2 Å². The van der Waals surface area contributed by atoms with Gasteiger partial charge in [0.05, 0.1) is 5.75 Å². The molecule has 2 rings (SSSR count). The van der Waals surface area contributed by atoms with E-state index in [-0.39, 0.29) is 40.9 Å². The van der Waals surface area contributed by atoms with E-state index in [1.165, 1.54) is 0 Å². The van der Waals surface area contributed by atoms with Crippen molar-refractivity contribution in [3.05, 3.63) is 29.8 Å². The third-order valence-electron chi connectivity index (χ3n) is 2.93. The van der Waals surface area contributed by atoms with Crippen molar-refractivity contribution in [2.24, 2.45) is 0 Å². The van der Waals surface area contributed by atoms with Gasteiger partial charge in [0.25, 0.3) is 5.24 Å². The van der Waals surface area contributed by atoms with Gasteiger partial charge >= 0.3 is 0 Å². The third-order valence-corrected chi connectivity index (χ3v) is 3.99. The van der Waals surface area contributed by atoms with E-state index in [0.29, 0.717) is 0 Å². The fourth-order valence-electron chi connectivity index (χ4n) is 1.88. The molecule has 8 heteroatoms. The summed E-state index contributed by atoms with van der Waals surface area (Å²) >= 11 is 6.01. The highest BCUT2D eigenvalue weighted by molar-refractivity contribution is 8.14. The summed E-state index contributed by atoms with van der Waals surface area (Å²) in [7, 11) is 0. The Balaban J connectivity index is 1.78. The lowest BCUT2D eigenvalue weighted by Crippen LogP contribution is -2.37. The van der Waals surface area contributed by atoms with Crippen LogP contribution in [0.1, 0.15) is 12.0 Å². The molecule has 0 unspecified atom stereocenters. The van der Waals surface area contributed by atoms with Crippen molar-refractivity contribution in [1.29, 1.82) is 0 Å². The zero-order valence-electron chi connectivity index (χ0n) is 11.9. The highest BCUT2D eigenvalue weighted by Gasteiger charge is 2.29. The van der Waals surface area contributed by atoms with E-state index >= 15 is 0 Å². The quantitative estimate of drug-likeness (QED) is 0.817. The molecule has 1 aliphatic heterocycles. The number of anilines is 1. The van der Waals surface area contributed by atoms with E-state index in [1.807, 2.05) is 31.2 Å². The predicted molar refractivity (Wildman–Crippen MR) is 89.7 cm³/mol. The summed E-state index contributed by atoms with van der Waals surface area (Å²) in [6, 6.07) is 7.57. The third kappa shape index (κ3) is 4.54. The minimum absolute atomic E-state index is 0.0215. The Kier molecular flexibility index (Phi) is 5.51.